The first-order chi connectivity index (χ1) is 20.0. The molecule has 0 bridgehead atoms. The van der Waals surface area contributed by atoms with Crippen LogP contribution < -0.4 is 4.90 Å². The highest BCUT2D eigenvalue weighted by atomic mass is 19.4. The predicted octanol–water partition coefficient (Wildman–Crippen LogP) is 7.80. The van der Waals surface area contributed by atoms with E-state index in [-0.39, 0.29) is 41.8 Å². The van der Waals surface area contributed by atoms with Crippen molar-refractivity contribution in [1.29, 1.82) is 0 Å². The van der Waals surface area contributed by atoms with Crippen LogP contribution in [-0.2, 0) is 38.7 Å². The number of aromatic nitrogens is 4. The molecule has 43 heavy (non-hydrogen) atoms. The molecule has 2 unspecified atom stereocenters. The van der Waals surface area contributed by atoms with E-state index in [1.54, 1.807) is 0 Å². The number of nitrogens with zero attached hydrogens (tertiary/aromatic N) is 6. The van der Waals surface area contributed by atoms with Crippen molar-refractivity contribution in [2.45, 2.75) is 83.2 Å². The highest BCUT2D eigenvalue weighted by Gasteiger charge is 2.38. The van der Waals surface area contributed by atoms with E-state index in [1.807, 2.05) is 13.8 Å². The van der Waals surface area contributed by atoms with Crippen LogP contribution in [0.5, 0.6) is 0 Å². The van der Waals surface area contributed by atoms with Crippen LogP contribution in [-0.4, -0.2) is 37.7 Å². The van der Waals surface area contributed by atoms with E-state index in [9.17, 15) is 39.5 Å². The lowest BCUT2D eigenvalue weighted by Crippen LogP contribution is -2.40. The van der Waals surface area contributed by atoms with Gasteiger partial charge < -0.3 is 4.90 Å². The Bertz CT molecular complexity index is 1360. The number of piperidine rings is 1. The number of tetrazole rings is 1. The molecule has 1 aliphatic rings. The second kappa shape index (κ2) is 12.3. The summed E-state index contributed by atoms with van der Waals surface area (Å²) in [5.74, 6) is -0.170. The van der Waals surface area contributed by atoms with Gasteiger partial charge in [-0.15, -0.1) is 5.10 Å². The summed E-state index contributed by atoms with van der Waals surface area (Å²) in [5, 5.41) is 11.6. The van der Waals surface area contributed by atoms with E-state index < -0.39 is 41.8 Å². The van der Waals surface area contributed by atoms with Crippen molar-refractivity contribution in [2.75, 3.05) is 11.4 Å². The second-order valence-electron chi connectivity index (χ2n) is 10.8. The zero-order chi connectivity index (χ0) is 31.7. The summed E-state index contributed by atoms with van der Waals surface area (Å²) in [6, 6.07) is 4.44. The molecule has 0 N–H and O–H groups in total. The van der Waals surface area contributed by atoms with Crippen molar-refractivity contribution in [3.8, 4) is 0 Å². The largest absolute Gasteiger partial charge is 0.416 e. The van der Waals surface area contributed by atoms with Crippen LogP contribution in [0.4, 0.5) is 45.5 Å². The Morgan fingerprint density at radius 3 is 2.00 bits per heavy atom. The molecule has 2 aromatic carbocycles. The predicted molar refractivity (Wildman–Crippen MR) is 140 cm³/mol. The van der Waals surface area contributed by atoms with E-state index in [0.29, 0.717) is 24.1 Å². The number of hydrogen-bond donors (Lipinski definition) is 0. The van der Waals surface area contributed by atoms with Gasteiger partial charge in [0.1, 0.15) is 0 Å². The number of hydrogen-bond acceptors (Lipinski definition) is 5. The molecule has 0 amide bonds. The third kappa shape index (κ3) is 7.78. The third-order valence-corrected chi connectivity index (χ3v) is 7.63. The molecule has 0 spiro atoms. The minimum atomic E-state index is -5.07. The molecule has 1 aliphatic heterocycles. The first kappa shape index (κ1) is 32.6. The van der Waals surface area contributed by atoms with Gasteiger partial charge >= 0.3 is 18.5 Å². The van der Waals surface area contributed by atoms with Gasteiger partial charge in [-0.1, -0.05) is 24.5 Å². The Hall–Kier alpha value is -3.36. The Morgan fingerprint density at radius 2 is 1.49 bits per heavy atom. The van der Waals surface area contributed by atoms with Crippen LogP contribution in [0.3, 0.4) is 0 Å². The van der Waals surface area contributed by atoms with Crippen LogP contribution in [0.25, 0.3) is 0 Å². The molecule has 3 aromatic rings. The molecule has 0 aliphatic carbocycles. The Kier molecular flexibility index (Phi) is 9.33. The zero-order valence-corrected chi connectivity index (χ0v) is 23.7. The van der Waals surface area contributed by atoms with Crippen LogP contribution >= 0.6 is 0 Å². The van der Waals surface area contributed by atoms with Crippen molar-refractivity contribution in [3.05, 3.63) is 69.8 Å². The van der Waals surface area contributed by atoms with Crippen molar-refractivity contribution < 1.29 is 39.5 Å². The molecule has 6 nitrogen and oxygen atoms in total. The smallest absolute Gasteiger partial charge is 0.330 e. The maximum atomic E-state index is 13.8. The summed E-state index contributed by atoms with van der Waals surface area (Å²) in [7, 11) is 1.40. The minimum Gasteiger partial charge on any atom is -0.330 e. The molecule has 1 fully saturated rings. The van der Waals surface area contributed by atoms with E-state index in [0.717, 1.165) is 42.7 Å². The first-order valence-electron chi connectivity index (χ1n) is 13.7. The van der Waals surface area contributed by atoms with Crippen LogP contribution in [0.15, 0.2) is 36.4 Å². The SMILES string of the molecule is CCC(c1ccc(C(F)(F)F)cc1CN(Cc1cc(C(F)(F)F)cc(C(F)(F)F)c1)c1nnn(C)n1)N1CCCCC1C. The van der Waals surface area contributed by atoms with Gasteiger partial charge in [0.05, 0.1) is 23.7 Å². The topological polar surface area (TPSA) is 50.1 Å². The number of benzene rings is 2. The summed E-state index contributed by atoms with van der Waals surface area (Å²) in [6.45, 7) is 3.80. The standard InChI is InChI=1S/C28H31F9N6/c1-4-24(43-10-6-5-7-17(43)2)23-9-8-20(26(29,30)31)13-19(23)16-42(25-38-40-41(3)39-25)15-18-11-21(27(32,33)34)14-22(12-18)28(35,36)37/h8-9,11-14,17,24H,4-7,10,15-16H2,1-3H3. The zero-order valence-electron chi connectivity index (χ0n) is 23.7. The van der Waals surface area contributed by atoms with Gasteiger partial charge in [-0.2, -0.15) is 44.3 Å². The first-order valence-corrected chi connectivity index (χ1v) is 13.7. The average Bonchev–Trinajstić information content (AvgIpc) is 3.35. The lowest BCUT2D eigenvalue weighted by atomic mass is 9.91. The highest BCUT2D eigenvalue weighted by Crippen LogP contribution is 2.39. The molecule has 1 saturated heterocycles. The van der Waals surface area contributed by atoms with Gasteiger partial charge in [-0.25, -0.2) is 0 Å². The van der Waals surface area contributed by atoms with Crippen molar-refractivity contribution >= 4 is 5.95 Å². The summed E-state index contributed by atoms with van der Waals surface area (Å²) >= 11 is 0. The van der Waals surface area contributed by atoms with E-state index in [4.69, 9.17) is 0 Å². The van der Waals surface area contributed by atoms with Crippen molar-refractivity contribution in [1.82, 2.24) is 25.1 Å². The lowest BCUT2D eigenvalue weighted by Gasteiger charge is -2.40. The molecule has 0 radical (unpaired) electrons. The fraction of sp³-hybridized carbons (Fsp3) is 0.536. The number of aryl methyl sites for hydroxylation is 1. The van der Waals surface area contributed by atoms with Gasteiger partial charge in [-0.3, -0.25) is 4.90 Å². The Labute approximate surface area is 242 Å². The van der Waals surface area contributed by atoms with Crippen LogP contribution in [0, 0.1) is 0 Å². The van der Waals surface area contributed by atoms with E-state index in [1.165, 1.54) is 18.0 Å². The lowest BCUT2D eigenvalue weighted by molar-refractivity contribution is -0.143. The van der Waals surface area contributed by atoms with Crippen LogP contribution in [0.2, 0.25) is 0 Å². The molecular weight excluding hydrogens is 591 g/mol. The number of alkyl halides is 9. The van der Waals surface area contributed by atoms with Crippen molar-refractivity contribution in [3.63, 3.8) is 0 Å². The number of halogens is 9. The van der Waals surface area contributed by atoms with Gasteiger partial charge in [0.2, 0.25) is 0 Å². The summed E-state index contributed by atoms with van der Waals surface area (Å²) in [4.78, 5) is 4.49. The molecular formula is C28H31F9N6. The maximum Gasteiger partial charge on any atom is 0.416 e. The second-order valence-corrected chi connectivity index (χ2v) is 10.8. The van der Waals surface area contributed by atoms with Crippen LogP contribution in [0.1, 0.15) is 79.0 Å². The Morgan fingerprint density at radius 1 is 0.860 bits per heavy atom. The molecule has 0 saturated carbocycles. The molecule has 2 heterocycles. The summed E-state index contributed by atoms with van der Waals surface area (Å²) < 4.78 is 123. The highest BCUT2D eigenvalue weighted by molar-refractivity contribution is 5.42. The fourth-order valence-corrected chi connectivity index (χ4v) is 5.60. The molecule has 4 rings (SSSR count). The normalized spacial score (nSPS) is 17.7. The van der Waals surface area contributed by atoms with Gasteiger partial charge in [0.25, 0.3) is 5.95 Å². The quantitative estimate of drug-likeness (QED) is 0.240. The molecule has 2 atom stereocenters. The Balaban J connectivity index is 1.82. The van der Waals surface area contributed by atoms with E-state index >= 15 is 0 Å². The fourth-order valence-electron chi connectivity index (χ4n) is 5.60. The number of anilines is 1. The maximum absolute atomic E-state index is 13.8. The molecule has 15 heteroatoms. The monoisotopic (exact) mass is 622 g/mol. The van der Waals surface area contributed by atoms with Gasteiger partial charge in [0, 0.05) is 25.2 Å². The van der Waals surface area contributed by atoms with Crippen molar-refractivity contribution in [2.24, 2.45) is 7.05 Å². The van der Waals surface area contributed by atoms with Gasteiger partial charge in [0.15, 0.2) is 0 Å². The van der Waals surface area contributed by atoms with E-state index in [2.05, 4.69) is 20.3 Å². The average molecular weight is 623 g/mol. The minimum absolute atomic E-state index is 0.0188. The molecule has 236 valence electrons. The summed E-state index contributed by atoms with van der Waals surface area (Å²) in [5.41, 5.74) is -3.53. The molecule has 1 aromatic heterocycles. The number of likely N-dealkylation sites (tertiary alicyclic amines) is 1. The third-order valence-electron chi connectivity index (χ3n) is 7.63. The summed E-state index contributed by atoms with van der Waals surface area (Å²) in [6.07, 6.45) is -11.4. The van der Waals surface area contributed by atoms with Gasteiger partial charge in [-0.05, 0) is 85.0 Å². The number of rotatable bonds is 8.